The van der Waals surface area contributed by atoms with Gasteiger partial charge in [0.25, 0.3) is 0 Å². The molecule has 4 aliphatic carbocycles. The first-order valence-electron chi connectivity index (χ1n) is 15.0. The summed E-state index contributed by atoms with van der Waals surface area (Å²) >= 11 is 0. The number of cyclic esters (lactones) is 4. The maximum atomic E-state index is 12.9. The second-order valence-corrected chi connectivity index (χ2v) is 21.5. The van der Waals surface area contributed by atoms with E-state index < -0.39 is 16.6 Å². The van der Waals surface area contributed by atoms with Crippen LogP contribution in [-0.2, 0) is 32.8 Å². The van der Waals surface area contributed by atoms with Crippen LogP contribution in [0.4, 0.5) is 0 Å². The lowest BCUT2D eigenvalue weighted by Crippen LogP contribution is -2.66. The van der Waals surface area contributed by atoms with Crippen molar-refractivity contribution in [2.45, 2.75) is 49.9 Å². The summed E-state index contributed by atoms with van der Waals surface area (Å²) in [6, 6.07) is 21.0. The summed E-state index contributed by atoms with van der Waals surface area (Å²) < 4.78 is 18.2. The Balaban J connectivity index is 1.22. The molecule has 212 valence electrons. The van der Waals surface area contributed by atoms with Gasteiger partial charge < -0.3 is 13.6 Å². The molecule has 0 N–H and O–H groups in total. The van der Waals surface area contributed by atoms with Gasteiger partial charge in [-0.3, -0.25) is 19.2 Å². The highest BCUT2D eigenvalue weighted by Crippen LogP contribution is 2.66. The SMILES string of the molecule is C[Si](O[Si](C)(c1ccccc1)C1CC2CC1C1C(=O)OC(=O)C21)(c1ccccc1)C1CC2CC1C1C(=O)OC(=O)C21. The van der Waals surface area contributed by atoms with Crippen molar-refractivity contribution in [2.75, 3.05) is 0 Å². The Morgan fingerprint density at radius 3 is 1.32 bits per heavy atom. The number of esters is 4. The van der Waals surface area contributed by atoms with Gasteiger partial charge in [0.15, 0.2) is 0 Å². The number of fused-ring (bicyclic) bond motifs is 10. The third-order valence-electron chi connectivity index (χ3n) is 12.0. The van der Waals surface area contributed by atoms with Gasteiger partial charge in [-0.25, -0.2) is 0 Å². The average molecular weight is 587 g/mol. The minimum Gasteiger partial charge on any atom is -0.448 e. The Hall–Kier alpha value is -2.89. The number of hydrogen-bond donors (Lipinski definition) is 0. The molecule has 2 aromatic carbocycles. The first kappa shape index (κ1) is 25.8. The zero-order valence-electron chi connectivity index (χ0n) is 23.2. The van der Waals surface area contributed by atoms with E-state index in [0.29, 0.717) is 0 Å². The second kappa shape index (κ2) is 8.81. The van der Waals surface area contributed by atoms with Crippen molar-refractivity contribution in [3.63, 3.8) is 0 Å². The van der Waals surface area contributed by atoms with E-state index in [1.807, 2.05) is 12.1 Å². The summed E-state index contributed by atoms with van der Waals surface area (Å²) in [5.41, 5.74) is 0.351. The summed E-state index contributed by atoms with van der Waals surface area (Å²) in [7, 11) is -5.55. The molecule has 4 saturated carbocycles. The summed E-state index contributed by atoms with van der Waals surface area (Å²) in [6.07, 6.45) is 3.48. The summed E-state index contributed by atoms with van der Waals surface area (Å²) in [5.74, 6) is -2.27. The van der Waals surface area contributed by atoms with Gasteiger partial charge >= 0.3 is 23.9 Å². The predicted octanol–water partition coefficient (Wildman–Crippen LogP) is 3.42. The summed E-state index contributed by atoms with van der Waals surface area (Å²) in [6.45, 7) is 4.64. The normalized spacial score (nSPS) is 41.1. The molecule has 2 saturated heterocycles. The van der Waals surface area contributed by atoms with Gasteiger partial charge in [0, 0.05) is 0 Å². The standard InChI is InChI=1S/C32H34O7Si2/c1-40(19-9-5-3-6-10-19,23-15-17-13-21(23)27-25(17)29(33)37-31(27)35)39-41(2,20-11-7-4-8-12-20)24-16-18-14-22(24)28-26(18)30(34)38-32(28)36/h3-12,17-18,21-28H,13-16H2,1-2H3. The van der Waals surface area contributed by atoms with Crippen LogP contribution in [0.15, 0.2) is 60.7 Å². The first-order valence-corrected chi connectivity index (χ1v) is 20.0. The molecule has 0 spiro atoms. The first-order chi connectivity index (χ1) is 19.7. The van der Waals surface area contributed by atoms with E-state index in [4.69, 9.17) is 13.6 Å². The van der Waals surface area contributed by atoms with Crippen LogP contribution >= 0.6 is 0 Å². The van der Waals surface area contributed by atoms with Crippen molar-refractivity contribution in [3.05, 3.63) is 60.7 Å². The van der Waals surface area contributed by atoms with Gasteiger partial charge in [0.05, 0.1) is 23.7 Å². The molecule has 8 rings (SSSR count). The quantitative estimate of drug-likeness (QED) is 0.291. The maximum absolute atomic E-state index is 12.9. The van der Waals surface area contributed by atoms with E-state index in [0.717, 1.165) is 25.7 Å². The molecule has 2 aromatic rings. The van der Waals surface area contributed by atoms with E-state index in [2.05, 4.69) is 61.6 Å². The highest BCUT2D eigenvalue weighted by molar-refractivity contribution is 6.99. The van der Waals surface area contributed by atoms with E-state index in [1.165, 1.54) is 10.4 Å². The summed E-state index contributed by atoms with van der Waals surface area (Å²) in [4.78, 5) is 50.9. The largest absolute Gasteiger partial charge is 0.448 e. The molecule has 12 unspecified atom stereocenters. The smallest absolute Gasteiger partial charge is 0.317 e. The van der Waals surface area contributed by atoms with Crippen molar-refractivity contribution in [2.24, 2.45) is 47.3 Å². The minimum absolute atomic E-state index is 0.0710. The zero-order valence-corrected chi connectivity index (χ0v) is 25.2. The van der Waals surface area contributed by atoms with Crippen LogP contribution in [0.1, 0.15) is 25.7 Å². The fraction of sp³-hybridized carbons (Fsp3) is 0.500. The van der Waals surface area contributed by atoms with Gasteiger partial charge in [0.2, 0.25) is 16.6 Å². The number of hydrogen-bond acceptors (Lipinski definition) is 7. The van der Waals surface area contributed by atoms with Crippen molar-refractivity contribution >= 4 is 50.9 Å². The molecule has 2 heterocycles. The van der Waals surface area contributed by atoms with Crippen molar-refractivity contribution in [1.29, 1.82) is 0 Å². The molecule has 0 aromatic heterocycles. The van der Waals surface area contributed by atoms with E-state index in [1.54, 1.807) is 0 Å². The van der Waals surface area contributed by atoms with Gasteiger partial charge in [0.1, 0.15) is 0 Å². The predicted molar refractivity (Wildman–Crippen MR) is 153 cm³/mol. The maximum Gasteiger partial charge on any atom is 0.317 e. The van der Waals surface area contributed by atoms with Crippen molar-refractivity contribution < 1.29 is 32.8 Å². The van der Waals surface area contributed by atoms with Crippen LogP contribution in [0.25, 0.3) is 0 Å². The van der Waals surface area contributed by atoms with Crippen molar-refractivity contribution in [3.8, 4) is 0 Å². The van der Waals surface area contributed by atoms with E-state index in [-0.39, 0.29) is 82.3 Å². The van der Waals surface area contributed by atoms with Gasteiger partial charge in [-0.2, -0.15) is 0 Å². The molecular formula is C32H34O7Si2. The lowest BCUT2D eigenvalue weighted by molar-refractivity contribution is -0.156. The number of benzene rings is 2. The van der Waals surface area contributed by atoms with Gasteiger partial charge in [-0.1, -0.05) is 60.7 Å². The molecule has 0 radical (unpaired) electrons. The number of rotatable bonds is 6. The minimum atomic E-state index is -2.78. The highest BCUT2D eigenvalue weighted by atomic mass is 28.4. The molecule has 2 aliphatic heterocycles. The highest BCUT2D eigenvalue weighted by Gasteiger charge is 2.70. The molecule has 0 amide bonds. The van der Waals surface area contributed by atoms with Crippen LogP contribution in [-0.4, -0.2) is 40.5 Å². The molecule has 12 atom stereocenters. The van der Waals surface area contributed by atoms with E-state index >= 15 is 0 Å². The Kier molecular flexibility index (Phi) is 5.54. The molecule has 7 nitrogen and oxygen atoms in total. The number of carbonyl (C=O) groups excluding carboxylic acids is 4. The van der Waals surface area contributed by atoms with Crippen LogP contribution in [0.2, 0.25) is 24.2 Å². The molecule has 6 fully saturated rings. The third-order valence-corrected chi connectivity index (χ3v) is 22.5. The van der Waals surface area contributed by atoms with Crippen LogP contribution in [0.3, 0.4) is 0 Å². The molecule has 9 heteroatoms. The molecule has 41 heavy (non-hydrogen) atoms. The molecular weight excluding hydrogens is 553 g/mol. The van der Waals surface area contributed by atoms with Gasteiger partial charge in [-0.15, -0.1) is 0 Å². The van der Waals surface area contributed by atoms with Crippen LogP contribution in [0.5, 0.6) is 0 Å². The Morgan fingerprint density at radius 1 is 0.561 bits per heavy atom. The van der Waals surface area contributed by atoms with E-state index in [9.17, 15) is 19.2 Å². The molecule has 4 bridgehead atoms. The lowest BCUT2D eigenvalue weighted by atomic mass is 9.81. The summed E-state index contributed by atoms with van der Waals surface area (Å²) in [5, 5.41) is 2.41. The monoisotopic (exact) mass is 586 g/mol. The second-order valence-electron chi connectivity index (χ2n) is 13.6. The Bertz CT molecular complexity index is 1360. The van der Waals surface area contributed by atoms with Crippen LogP contribution < -0.4 is 10.4 Å². The van der Waals surface area contributed by atoms with Crippen molar-refractivity contribution in [1.82, 2.24) is 0 Å². The molecule has 6 aliphatic rings. The fourth-order valence-corrected chi connectivity index (χ4v) is 22.5. The third kappa shape index (κ3) is 3.45. The number of carbonyl (C=O) groups is 4. The zero-order chi connectivity index (χ0) is 28.3. The Labute approximate surface area is 241 Å². The lowest BCUT2D eigenvalue weighted by Gasteiger charge is -2.49. The Morgan fingerprint density at radius 2 is 0.927 bits per heavy atom. The average Bonchev–Trinajstić information content (AvgIpc) is 3.81. The number of ether oxygens (including phenoxy) is 2. The topological polar surface area (TPSA) is 96.0 Å². The van der Waals surface area contributed by atoms with Gasteiger partial charge in [-0.05, 0) is 83.9 Å². The van der Waals surface area contributed by atoms with Crippen LogP contribution in [0, 0.1) is 47.3 Å². The fourth-order valence-electron chi connectivity index (χ4n) is 10.5.